The van der Waals surface area contributed by atoms with Crippen molar-refractivity contribution in [3.05, 3.63) is 0 Å². The molecule has 0 saturated carbocycles. The first-order valence-electron chi connectivity index (χ1n) is 6.32. The molecule has 1 aliphatic heterocycles. The van der Waals surface area contributed by atoms with Crippen molar-refractivity contribution in [2.45, 2.75) is 45.1 Å². The highest BCUT2D eigenvalue weighted by Crippen LogP contribution is 2.10. The molecule has 0 bridgehead atoms. The van der Waals surface area contributed by atoms with Crippen molar-refractivity contribution in [1.82, 2.24) is 5.32 Å². The van der Waals surface area contributed by atoms with E-state index in [4.69, 9.17) is 9.47 Å². The van der Waals surface area contributed by atoms with Crippen molar-refractivity contribution < 1.29 is 9.47 Å². The zero-order valence-electron chi connectivity index (χ0n) is 9.96. The van der Waals surface area contributed by atoms with Gasteiger partial charge in [0.1, 0.15) is 0 Å². The maximum absolute atomic E-state index is 5.49. The lowest BCUT2D eigenvalue weighted by Gasteiger charge is -2.09. The third kappa shape index (κ3) is 6.88. The summed E-state index contributed by atoms with van der Waals surface area (Å²) in [7, 11) is 0. The molecule has 0 aromatic rings. The van der Waals surface area contributed by atoms with E-state index in [0.29, 0.717) is 0 Å². The van der Waals surface area contributed by atoms with E-state index in [1.165, 1.54) is 32.2 Å². The van der Waals surface area contributed by atoms with Crippen LogP contribution >= 0.6 is 0 Å². The average Bonchev–Trinajstić information content (AvgIpc) is 2.75. The molecule has 90 valence electrons. The van der Waals surface area contributed by atoms with E-state index in [2.05, 4.69) is 12.2 Å². The topological polar surface area (TPSA) is 30.5 Å². The minimum absolute atomic E-state index is 0.746. The van der Waals surface area contributed by atoms with Crippen LogP contribution in [-0.2, 0) is 9.47 Å². The second kappa shape index (κ2) is 9.13. The molecule has 1 saturated heterocycles. The molecule has 1 unspecified atom stereocenters. The van der Waals surface area contributed by atoms with Crippen molar-refractivity contribution in [3.63, 3.8) is 0 Å². The Balaban J connectivity index is 1.73. The van der Waals surface area contributed by atoms with E-state index in [1.807, 2.05) is 0 Å². The van der Waals surface area contributed by atoms with E-state index >= 15 is 0 Å². The fourth-order valence-electron chi connectivity index (χ4n) is 1.90. The monoisotopic (exact) mass is 215 g/mol. The SMILES string of the molecule is CCCOCCOCCCC1CCCN1. The number of hydrogen-bond donors (Lipinski definition) is 1. The highest BCUT2D eigenvalue weighted by atomic mass is 16.5. The molecule has 0 aromatic heterocycles. The van der Waals surface area contributed by atoms with Gasteiger partial charge in [-0.2, -0.15) is 0 Å². The molecule has 15 heavy (non-hydrogen) atoms. The normalized spacial score (nSPS) is 21.0. The minimum Gasteiger partial charge on any atom is -0.379 e. The third-order valence-corrected chi connectivity index (χ3v) is 2.72. The molecule has 1 rings (SSSR count). The van der Waals surface area contributed by atoms with Crippen LogP contribution in [0.3, 0.4) is 0 Å². The summed E-state index contributed by atoms with van der Waals surface area (Å²) >= 11 is 0. The third-order valence-electron chi connectivity index (χ3n) is 2.72. The average molecular weight is 215 g/mol. The summed E-state index contributed by atoms with van der Waals surface area (Å²) in [6.45, 7) is 6.56. The van der Waals surface area contributed by atoms with Gasteiger partial charge in [0.05, 0.1) is 13.2 Å². The Kier molecular flexibility index (Phi) is 7.88. The molecule has 1 heterocycles. The zero-order valence-corrected chi connectivity index (χ0v) is 9.96. The Hall–Kier alpha value is -0.120. The van der Waals surface area contributed by atoms with Gasteiger partial charge in [0, 0.05) is 19.3 Å². The Morgan fingerprint density at radius 3 is 2.60 bits per heavy atom. The molecular weight excluding hydrogens is 190 g/mol. The van der Waals surface area contributed by atoms with Gasteiger partial charge in [0.2, 0.25) is 0 Å². The van der Waals surface area contributed by atoms with Crippen LogP contribution in [0, 0.1) is 0 Å². The van der Waals surface area contributed by atoms with Gasteiger partial charge in [-0.1, -0.05) is 6.92 Å². The molecule has 1 N–H and O–H groups in total. The predicted octanol–water partition coefficient (Wildman–Crippen LogP) is 1.96. The number of rotatable bonds is 9. The Morgan fingerprint density at radius 2 is 1.93 bits per heavy atom. The first-order chi connectivity index (χ1) is 7.43. The van der Waals surface area contributed by atoms with Gasteiger partial charge in [0.15, 0.2) is 0 Å². The molecule has 0 radical (unpaired) electrons. The Labute approximate surface area is 93.5 Å². The van der Waals surface area contributed by atoms with E-state index in [-0.39, 0.29) is 0 Å². The fraction of sp³-hybridized carbons (Fsp3) is 1.00. The van der Waals surface area contributed by atoms with E-state index in [0.717, 1.165) is 38.9 Å². The first-order valence-corrected chi connectivity index (χ1v) is 6.32. The van der Waals surface area contributed by atoms with Crippen molar-refractivity contribution in [3.8, 4) is 0 Å². The Bertz CT molecular complexity index is 136. The van der Waals surface area contributed by atoms with Crippen molar-refractivity contribution in [2.75, 3.05) is 33.0 Å². The second-order valence-electron chi connectivity index (χ2n) is 4.16. The molecule has 0 spiro atoms. The highest BCUT2D eigenvalue weighted by molar-refractivity contribution is 4.73. The number of hydrogen-bond acceptors (Lipinski definition) is 3. The molecule has 1 aliphatic rings. The molecule has 0 amide bonds. The molecule has 1 fully saturated rings. The minimum atomic E-state index is 0.746. The summed E-state index contributed by atoms with van der Waals surface area (Å²) in [6.07, 6.45) is 6.21. The van der Waals surface area contributed by atoms with Gasteiger partial charge in [-0.15, -0.1) is 0 Å². The van der Waals surface area contributed by atoms with Crippen LogP contribution in [0.15, 0.2) is 0 Å². The largest absolute Gasteiger partial charge is 0.379 e. The van der Waals surface area contributed by atoms with Crippen LogP contribution in [0.5, 0.6) is 0 Å². The molecule has 1 atom stereocenters. The quantitative estimate of drug-likeness (QED) is 0.596. The summed E-state index contributed by atoms with van der Waals surface area (Å²) in [4.78, 5) is 0. The molecule has 0 aliphatic carbocycles. The van der Waals surface area contributed by atoms with Gasteiger partial charge in [-0.25, -0.2) is 0 Å². The lowest BCUT2D eigenvalue weighted by molar-refractivity contribution is 0.0461. The van der Waals surface area contributed by atoms with Crippen molar-refractivity contribution in [2.24, 2.45) is 0 Å². The maximum Gasteiger partial charge on any atom is 0.0700 e. The zero-order chi connectivity index (χ0) is 10.8. The van der Waals surface area contributed by atoms with E-state index in [1.54, 1.807) is 0 Å². The van der Waals surface area contributed by atoms with Crippen molar-refractivity contribution >= 4 is 0 Å². The summed E-state index contributed by atoms with van der Waals surface area (Å²) in [5.41, 5.74) is 0. The summed E-state index contributed by atoms with van der Waals surface area (Å²) in [5.74, 6) is 0. The highest BCUT2D eigenvalue weighted by Gasteiger charge is 2.12. The van der Waals surface area contributed by atoms with Gasteiger partial charge >= 0.3 is 0 Å². The van der Waals surface area contributed by atoms with Crippen LogP contribution in [0.4, 0.5) is 0 Å². The first kappa shape index (κ1) is 12.9. The van der Waals surface area contributed by atoms with Gasteiger partial charge in [-0.05, 0) is 38.6 Å². The van der Waals surface area contributed by atoms with Gasteiger partial charge in [0.25, 0.3) is 0 Å². The lowest BCUT2D eigenvalue weighted by Crippen LogP contribution is -2.21. The number of nitrogens with one attached hydrogen (secondary N) is 1. The summed E-state index contributed by atoms with van der Waals surface area (Å²) < 4.78 is 10.8. The van der Waals surface area contributed by atoms with Crippen LogP contribution in [0.25, 0.3) is 0 Å². The summed E-state index contributed by atoms with van der Waals surface area (Å²) in [5, 5.41) is 3.50. The Morgan fingerprint density at radius 1 is 1.13 bits per heavy atom. The second-order valence-corrected chi connectivity index (χ2v) is 4.16. The fourth-order valence-corrected chi connectivity index (χ4v) is 1.90. The molecular formula is C12H25NO2. The van der Waals surface area contributed by atoms with Gasteiger partial charge < -0.3 is 14.8 Å². The number of ether oxygens (including phenoxy) is 2. The smallest absolute Gasteiger partial charge is 0.0700 e. The van der Waals surface area contributed by atoms with Crippen LogP contribution in [0.2, 0.25) is 0 Å². The summed E-state index contributed by atoms with van der Waals surface area (Å²) in [6, 6.07) is 0.755. The van der Waals surface area contributed by atoms with Crippen LogP contribution < -0.4 is 5.32 Å². The van der Waals surface area contributed by atoms with Gasteiger partial charge in [-0.3, -0.25) is 0 Å². The molecule has 3 heteroatoms. The molecule has 3 nitrogen and oxygen atoms in total. The predicted molar refractivity (Wildman–Crippen MR) is 62.2 cm³/mol. The van der Waals surface area contributed by atoms with Crippen LogP contribution in [0.1, 0.15) is 39.0 Å². The van der Waals surface area contributed by atoms with E-state index in [9.17, 15) is 0 Å². The van der Waals surface area contributed by atoms with Crippen molar-refractivity contribution in [1.29, 1.82) is 0 Å². The standard InChI is InChI=1S/C12H25NO2/c1-2-8-14-10-11-15-9-4-6-12-5-3-7-13-12/h12-13H,2-11H2,1H3. The van der Waals surface area contributed by atoms with E-state index < -0.39 is 0 Å². The lowest BCUT2D eigenvalue weighted by atomic mass is 10.1. The van der Waals surface area contributed by atoms with Crippen LogP contribution in [-0.4, -0.2) is 39.0 Å². The maximum atomic E-state index is 5.49. The molecule has 0 aromatic carbocycles.